The Labute approximate surface area is 145 Å². The van der Waals surface area contributed by atoms with Gasteiger partial charge in [0.1, 0.15) is 5.75 Å². The van der Waals surface area contributed by atoms with Crippen molar-refractivity contribution in [3.05, 3.63) is 58.4 Å². The lowest BCUT2D eigenvalue weighted by molar-refractivity contribution is -0.124. The topological polar surface area (TPSA) is 43.6 Å². The molecule has 0 radical (unpaired) electrons. The number of amides is 1. The normalized spacial score (nSPS) is 13.2. The van der Waals surface area contributed by atoms with E-state index in [9.17, 15) is 4.79 Å². The molecule has 1 unspecified atom stereocenters. The number of ether oxygens (including phenoxy) is 1. The standard InChI is InChI=1S/C19H20N2O2S/c1-12-10-16-17(11-13(12)2)24-19(21(16)4)20-18(22)14(3)23-15-8-6-5-7-9-15/h5-11,14H,1-4H3. The largest absolute Gasteiger partial charge is 0.481 e. The van der Waals surface area contributed by atoms with Crippen molar-refractivity contribution in [3.63, 3.8) is 0 Å². The third-order valence-corrected chi connectivity index (χ3v) is 5.13. The van der Waals surface area contributed by atoms with E-state index >= 15 is 0 Å². The van der Waals surface area contributed by atoms with Crippen LogP contribution in [0.5, 0.6) is 5.75 Å². The van der Waals surface area contributed by atoms with Crippen molar-refractivity contribution in [2.45, 2.75) is 26.9 Å². The number of carbonyl (C=O) groups excluding carboxylic acids is 1. The average Bonchev–Trinajstić information content (AvgIpc) is 2.84. The van der Waals surface area contributed by atoms with E-state index in [0.717, 1.165) is 10.2 Å². The molecular weight excluding hydrogens is 320 g/mol. The molecule has 0 fully saturated rings. The number of benzene rings is 2. The number of aryl methyl sites for hydroxylation is 3. The summed E-state index contributed by atoms with van der Waals surface area (Å²) in [7, 11) is 1.93. The summed E-state index contributed by atoms with van der Waals surface area (Å²) in [5.41, 5.74) is 3.56. The Balaban J connectivity index is 1.91. The fraction of sp³-hybridized carbons (Fsp3) is 0.263. The van der Waals surface area contributed by atoms with Gasteiger partial charge in [-0.15, -0.1) is 0 Å². The van der Waals surface area contributed by atoms with Crippen LogP contribution in [0, 0.1) is 13.8 Å². The molecule has 0 aliphatic rings. The molecule has 3 aromatic rings. The number of fused-ring (bicyclic) bond motifs is 1. The van der Waals surface area contributed by atoms with Crippen LogP contribution in [0.25, 0.3) is 10.2 Å². The van der Waals surface area contributed by atoms with Crippen molar-refractivity contribution in [2.75, 3.05) is 0 Å². The summed E-state index contributed by atoms with van der Waals surface area (Å²) in [6.45, 7) is 5.90. The molecule has 4 nitrogen and oxygen atoms in total. The Morgan fingerprint density at radius 1 is 1.17 bits per heavy atom. The molecule has 2 aromatic carbocycles. The minimum atomic E-state index is -0.624. The van der Waals surface area contributed by atoms with Crippen molar-refractivity contribution < 1.29 is 9.53 Å². The van der Waals surface area contributed by atoms with Gasteiger partial charge in [-0.05, 0) is 56.2 Å². The molecule has 1 atom stereocenters. The van der Waals surface area contributed by atoms with Crippen LogP contribution in [0.1, 0.15) is 18.1 Å². The van der Waals surface area contributed by atoms with E-state index in [2.05, 4.69) is 31.0 Å². The second-order valence-electron chi connectivity index (χ2n) is 5.87. The first-order valence-corrected chi connectivity index (χ1v) is 8.64. The Bertz CT molecular complexity index is 955. The maximum atomic E-state index is 12.4. The number of rotatable bonds is 3. The van der Waals surface area contributed by atoms with Crippen molar-refractivity contribution in [1.29, 1.82) is 0 Å². The molecule has 24 heavy (non-hydrogen) atoms. The number of para-hydroxylation sites is 1. The summed E-state index contributed by atoms with van der Waals surface area (Å²) in [6.07, 6.45) is -0.624. The maximum Gasteiger partial charge on any atom is 0.289 e. The van der Waals surface area contributed by atoms with Gasteiger partial charge in [0.2, 0.25) is 0 Å². The van der Waals surface area contributed by atoms with E-state index in [1.165, 1.54) is 22.5 Å². The van der Waals surface area contributed by atoms with E-state index < -0.39 is 6.10 Å². The fourth-order valence-corrected chi connectivity index (χ4v) is 3.53. The molecule has 0 aliphatic carbocycles. The third kappa shape index (κ3) is 3.26. The van der Waals surface area contributed by atoms with Crippen molar-refractivity contribution in [2.24, 2.45) is 12.0 Å². The van der Waals surface area contributed by atoms with Gasteiger partial charge in [0.05, 0.1) is 10.2 Å². The molecule has 0 bridgehead atoms. The summed E-state index contributed by atoms with van der Waals surface area (Å²) in [5, 5.41) is 0. The molecule has 0 aliphatic heterocycles. The van der Waals surface area contributed by atoms with E-state index in [4.69, 9.17) is 4.74 Å². The van der Waals surface area contributed by atoms with Gasteiger partial charge in [0.15, 0.2) is 10.9 Å². The summed E-state index contributed by atoms with van der Waals surface area (Å²) in [6, 6.07) is 13.6. The first-order valence-electron chi connectivity index (χ1n) is 7.83. The van der Waals surface area contributed by atoms with Gasteiger partial charge in [0.25, 0.3) is 5.91 Å². The molecule has 5 heteroatoms. The van der Waals surface area contributed by atoms with Crippen LogP contribution >= 0.6 is 11.3 Å². The number of carbonyl (C=O) groups is 1. The first kappa shape index (κ1) is 16.5. The highest BCUT2D eigenvalue weighted by atomic mass is 32.1. The minimum absolute atomic E-state index is 0.283. The van der Waals surface area contributed by atoms with Crippen LogP contribution in [0.15, 0.2) is 47.5 Å². The second kappa shape index (κ2) is 6.61. The average molecular weight is 340 g/mol. The Morgan fingerprint density at radius 3 is 2.54 bits per heavy atom. The van der Waals surface area contributed by atoms with Crippen LogP contribution in [-0.2, 0) is 11.8 Å². The zero-order valence-corrected chi connectivity index (χ0v) is 15.1. The smallest absolute Gasteiger partial charge is 0.289 e. The number of nitrogens with zero attached hydrogens (tertiary/aromatic N) is 2. The quantitative estimate of drug-likeness (QED) is 0.729. The number of hydrogen-bond donors (Lipinski definition) is 0. The Hall–Kier alpha value is -2.40. The molecule has 1 aromatic heterocycles. The summed E-state index contributed by atoms with van der Waals surface area (Å²) in [4.78, 5) is 17.3. The van der Waals surface area contributed by atoms with Gasteiger partial charge >= 0.3 is 0 Å². The lowest BCUT2D eigenvalue weighted by Gasteiger charge is -2.10. The Kier molecular flexibility index (Phi) is 4.53. The van der Waals surface area contributed by atoms with E-state index in [-0.39, 0.29) is 5.91 Å². The van der Waals surface area contributed by atoms with Crippen LogP contribution in [0.4, 0.5) is 0 Å². The van der Waals surface area contributed by atoms with Crippen LogP contribution < -0.4 is 9.54 Å². The molecule has 124 valence electrons. The van der Waals surface area contributed by atoms with Gasteiger partial charge in [0, 0.05) is 7.05 Å². The molecule has 0 N–H and O–H groups in total. The third-order valence-electron chi connectivity index (χ3n) is 4.03. The Morgan fingerprint density at radius 2 is 1.83 bits per heavy atom. The lowest BCUT2D eigenvalue weighted by atomic mass is 10.1. The van der Waals surface area contributed by atoms with E-state index in [1.807, 2.05) is 41.9 Å². The number of hydrogen-bond acceptors (Lipinski definition) is 3. The van der Waals surface area contributed by atoms with Crippen LogP contribution in [0.2, 0.25) is 0 Å². The molecular formula is C19H20N2O2S. The SMILES string of the molecule is Cc1cc2sc(=NC(=O)C(C)Oc3ccccc3)n(C)c2cc1C. The minimum Gasteiger partial charge on any atom is -0.481 e. The summed E-state index contributed by atoms with van der Waals surface area (Å²) >= 11 is 1.52. The first-order chi connectivity index (χ1) is 11.5. The zero-order valence-electron chi connectivity index (χ0n) is 14.2. The molecule has 0 saturated heterocycles. The highest BCUT2D eigenvalue weighted by Crippen LogP contribution is 2.21. The second-order valence-corrected chi connectivity index (χ2v) is 6.88. The summed E-state index contributed by atoms with van der Waals surface area (Å²) < 4.78 is 8.74. The number of aromatic nitrogens is 1. The highest BCUT2D eigenvalue weighted by molar-refractivity contribution is 7.16. The van der Waals surface area contributed by atoms with Gasteiger partial charge in [-0.3, -0.25) is 4.79 Å². The van der Waals surface area contributed by atoms with Crippen molar-refractivity contribution in [3.8, 4) is 5.75 Å². The van der Waals surface area contributed by atoms with E-state index in [0.29, 0.717) is 10.6 Å². The predicted octanol–water partition coefficient (Wildman–Crippen LogP) is 3.75. The van der Waals surface area contributed by atoms with Gasteiger partial charge in [-0.25, -0.2) is 0 Å². The van der Waals surface area contributed by atoms with Gasteiger partial charge in [-0.2, -0.15) is 4.99 Å². The summed E-state index contributed by atoms with van der Waals surface area (Å²) in [5.74, 6) is 0.384. The van der Waals surface area contributed by atoms with Crippen molar-refractivity contribution in [1.82, 2.24) is 4.57 Å². The van der Waals surface area contributed by atoms with E-state index in [1.54, 1.807) is 6.92 Å². The zero-order chi connectivity index (χ0) is 17.3. The number of thiazole rings is 1. The molecule has 0 spiro atoms. The predicted molar refractivity (Wildman–Crippen MR) is 97.4 cm³/mol. The van der Waals surface area contributed by atoms with Crippen LogP contribution in [0.3, 0.4) is 0 Å². The lowest BCUT2D eigenvalue weighted by Crippen LogP contribution is -2.25. The molecule has 1 heterocycles. The molecule has 0 saturated carbocycles. The molecule has 1 amide bonds. The highest BCUT2D eigenvalue weighted by Gasteiger charge is 2.15. The van der Waals surface area contributed by atoms with Crippen LogP contribution in [-0.4, -0.2) is 16.6 Å². The van der Waals surface area contributed by atoms with Gasteiger partial charge < -0.3 is 9.30 Å². The monoisotopic (exact) mass is 340 g/mol. The fourth-order valence-electron chi connectivity index (χ4n) is 2.42. The van der Waals surface area contributed by atoms with Gasteiger partial charge in [-0.1, -0.05) is 29.5 Å². The van der Waals surface area contributed by atoms with Crippen molar-refractivity contribution >= 4 is 27.5 Å². The molecule has 3 rings (SSSR count). The maximum absolute atomic E-state index is 12.4.